The minimum Gasteiger partial charge on any atom is -0.337 e. The molecule has 6 nitrogen and oxygen atoms in total. The number of fused-ring (bicyclic) bond motifs is 6. The number of allylic oxidation sites excluding steroid dienone is 4. The highest BCUT2D eigenvalue weighted by Crippen LogP contribution is 2.41. The van der Waals surface area contributed by atoms with Gasteiger partial charge in [0.15, 0.2) is 0 Å². The summed E-state index contributed by atoms with van der Waals surface area (Å²) in [6.07, 6.45) is 9.80. The molecule has 2 aliphatic carbocycles. The minimum atomic E-state index is 0.0284. The molecule has 334 valence electrons. The van der Waals surface area contributed by atoms with Crippen LogP contribution in [0, 0.1) is 34.5 Å². The summed E-state index contributed by atoms with van der Waals surface area (Å²) in [6.45, 7) is 4.57. The van der Waals surface area contributed by atoms with Crippen LogP contribution in [0.3, 0.4) is 0 Å². The Bertz CT molecular complexity index is 3900. The summed E-state index contributed by atoms with van der Waals surface area (Å²) in [7, 11) is 0. The number of nitriles is 2. The van der Waals surface area contributed by atoms with Crippen molar-refractivity contribution in [1.82, 2.24) is 9.13 Å². The van der Waals surface area contributed by atoms with E-state index in [0.717, 1.165) is 61.9 Å². The Morgan fingerprint density at radius 1 is 0.486 bits per heavy atom. The molecular formula is C64H48N6. The lowest BCUT2D eigenvalue weighted by Gasteiger charge is -2.40. The number of hydrogen-bond acceptors (Lipinski definition) is 4. The van der Waals surface area contributed by atoms with Crippen LogP contribution in [0.15, 0.2) is 224 Å². The first-order valence-electron chi connectivity index (χ1n) is 24.0. The highest BCUT2D eigenvalue weighted by molar-refractivity contribution is 6.10. The zero-order valence-corrected chi connectivity index (χ0v) is 39.0. The van der Waals surface area contributed by atoms with Crippen LogP contribution in [0.4, 0.5) is 22.7 Å². The predicted octanol–water partition coefficient (Wildman–Crippen LogP) is 14.2. The Labute approximate surface area is 407 Å². The van der Waals surface area contributed by atoms with Crippen LogP contribution in [0.25, 0.3) is 67.4 Å². The molecule has 0 spiro atoms. The molecule has 6 heteroatoms. The molecule has 12 rings (SSSR count). The molecule has 0 saturated heterocycles. The van der Waals surface area contributed by atoms with Gasteiger partial charge in [0.2, 0.25) is 0 Å². The van der Waals surface area contributed by atoms with Gasteiger partial charge in [-0.15, -0.1) is 0 Å². The van der Waals surface area contributed by atoms with Gasteiger partial charge in [-0.05, 0) is 133 Å². The molecule has 0 N–H and O–H groups in total. The fourth-order valence-electron chi connectivity index (χ4n) is 10.9. The van der Waals surface area contributed by atoms with Crippen molar-refractivity contribution < 1.29 is 0 Å². The molecule has 0 saturated carbocycles. The highest BCUT2D eigenvalue weighted by Gasteiger charge is 2.32. The predicted molar refractivity (Wildman–Crippen MR) is 288 cm³/mol. The van der Waals surface area contributed by atoms with E-state index in [2.05, 4.69) is 239 Å². The van der Waals surface area contributed by atoms with E-state index < -0.39 is 0 Å². The maximum absolute atomic E-state index is 9.89. The number of benzene rings is 8. The van der Waals surface area contributed by atoms with Gasteiger partial charge in [-0.2, -0.15) is 10.5 Å². The molecule has 0 fully saturated rings. The number of anilines is 4. The lowest BCUT2D eigenvalue weighted by Crippen LogP contribution is -2.46. The van der Waals surface area contributed by atoms with Crippen molar-refractivity contribution in [3.8, 4) is 34.6 Å². The van der Waals surface area contributed by atoms with Gasteiger partial charge in [0.25, 0.3) is 0 Å². The average Bonchev–Trinajstić information content (AvgIpc) is 3.92. The van der Waals surface area contributed by atoms with Crippen LogP contribution in [0.2, 0.25) is 0 Å². The van der Waals surface area contributed by atoms with Crippen molar-refractivity contribution in [3.63, 3.8) is 0 Å². The molecule has 0 aliphatic heterocycles. The van der Waals surface area contributed by atoms with Gasteiger partial charge in [0, 0.05) is 78.6 Å². The van der Waals surface area contributed by atoms with Crippen molar-refractivity contribution in [1.29, 1.82) is 10.5 Å². The monoisotopic (exact) mass is 900 g/mol. The molecule has 2 aliphatic rings. The lowest BCUT2D eigenvalue weighted by molar-refractivity contribution is 0.572. The van der Waals surface area contributed by atoms with Crippen molar-refractivity contribution in [2.45, 2.75) is 26.3 Å². The summed E-state index contributed by atoms with van der Waals surface area (Å²) in [4.78, 5) is 4.79. The van der Waals surface area contributed by atoms with Gasteiger partial charge >= 0.3 is 0 Å². The van der Waals surface area contributed by atoms with Gasteiger partial charge < -0.3 is 18.9 Å². The Balaban J connectivity index is 0.922. The van der Waals surface area contributed by atoms with Crippen molar-refractivity contribution in [3.05, 3.63) is 240 Å². The maximum atomic E-state index is 9.89. The second-order valence-corrected chi connectivity index (χ2v) is 18.5. The van der Waals surface area contributed by atoms with Crippen LogP contribution in [-0.4, -0.2) is 15.2 Å². The van der Waals surface area contributed by atoms with E-state index in [9.17, 15) is 10.5 Å². The molecule has 10 aromatic rings. The molecule has 0 amide bonds. The second kappa shape index (κ2) is 17.5. The summed E-state index contributed by atoms with van der Waals surface area (Å²) in [5, 5.41) is 25.6. The molecule has 0 bridgehead atoms. The Hall–Kier alpha value is -9.10. The van der Waals surface area contributed by atoms with E-state index >= 15 is 0 Å². The number of hydrogen-bond donors (Lipinski definition) is 0. The number of aromatic nitrogens is 2. The molecular weight excluding hydrogens is 853 g/mol. The summed E-state index contributed by atoms with van der Waals surface area (Å²) < 4.78 is 4.73. The molecule has 0 radical (unpaired) electrons. The largest absolute Gasteiger partial charge is 0.337 e. The van der Waals surface area contributed by atoms with Gasteiger partial charge in [0.1, 0.15) is 0 Å². The zero-order chi connectivity index (χ0) is 47.3. The number of rotatable bonds is 9. The summed E-state index contributed by atoms with van der Waals surface area (Å²) >= 11 is 0. The third-order valence-electron chi connectivity index (χ3n) is 14.3. The third-order valence-corrected chi connectivity index (χ3v) is 14.3. The highest BCUT2D eigenvalue weighted by atomic mass is 15.2. The van der Waals surface area contributed by atoms with E-state index in [1.807, 2.05) is 30.3 Å². The maximum Gasteiger partial charge on any atom is 0.0991 e. The van der Waals surface area contributed by atoms with Crippen molar-refractivity contribution in [2.24, 2.45) is 11.8 Å². The van der Waals surface area contributed by atoms with E-state index in [0.29, 0.717) is 12.0 Å². The number of nitrogens with zero attached hydrogens (tertiary/aromatic N) is 6. The fraction of sp³-hybridized carbons (Fsp3) is 0.0938. The molecule has 3 atom stereocenters. The normalized spacial score (nSPS) is 16.3. The first-order chi connectivity index (χ1) is 34.4. The smallest absolute Gasteiger partial charge is 0.0991 e. The SMILES string of the molecule is CC1CC(C#N)=CC=C1N(c1ccc(-c2ccc(N(c3ccc(C#N)cc3)c3ccc4c(c3)c3ccccc3n4-c3ccccc3)cc2)cc1)C1C=c2c(n(-c3ccccc3)c3ccccc23)=CC1C. The van der Waals surface area contributed by atoms with Gasteiger partial charge in [-0.3, -0.25) is 0 Å². The van der Waals surface area contributed by atoms with Gasteiger partial charge in [-0.1, -0.05) is 123 Å². The summed E-state index contributed by atoms with van der Waals surface area (Å²) in [5.74, 6) is 0.324. The van der Waals surface area contributed by atoms with Gasteiger partial charge in [0.05, 0.1) is 45.6 Å². The molecule has 2 heterocycles. The van der Waals surface area contributed by atoms with E-state index in [-0.39, 0.29) is 17.9 Å². The molecule has 8 aromatic carbocycles. The van der Waals surface area contributed by atoms with Crippen LogP contribution in [-0.2, 0) is 0 Å². The quantitative estimate of drug-likeness (QED) is 0.145. The van der Waals surface area contributed by atoms with Crippen molar-refractivity contribution >= 4 is 67.6 Å². The standard InChI is InChI=1S/C64H48N6/c1-43-37-46(42-66)23-35-59(43)68(63-40-58-56-18-10-12-20-61(56)70(64(58)38-44(63)2)50-15-7-4-8-16-50)53-32-26-48(27-33-53)47-24-30-52(31-25-47)67(51-28-21-45(41-65)22-29-51)54-34-36-62-57(39-54)55-17-9-11-19-60(55)69(62)49-13-5-3-6-14-49/h3-36,38-40,43-44,63H,37H2,1-2H3. The first kappa shape index (κ1) is 42.3. The zero-order valence-electron chi connectivity index (χ0n) is 39.0. The Morgan fingerprint density at radius 3 is 1.66 bits per heavy atom. The van der Waals surface area contributed by atoms with Crippen molar-refractivity contribution in [2.75, 3.05) is 9.80 Å². The van der Waals surface area contributed by atoms with E-state index in [1.165, 1.54) is 37.9 Å². The second-order valence-electron chi connectivity index (χ2n) is 18.5. The van der Waals surface area contributed by atoms with Crippen LogP contribution in [0.5, 0.6) is 0 Å². The topological polar surface area (TPSA) is 63.9 Å². The van der Waals surface area contributed by atoms with Crippen LogP contribution < -0.4 is 20.4 Å². The lowest BCUT2D eigenvalue weighted by atomic mass is 9.87. The fourth-order valence-corrected chi connectivity index (χ4v) is 10.9. The summed E-state index contributed by atoms with van der Waals surface area (Å²) in [5.41, 5.74) is 14.7. The summed E-state index contributed by atoms with van der Waals surface area (Å²) in [6, 6.07) is 75.6. The molecule has 2 aromatic heterocycles. The minimum absolute atomic E-state index is 0.0284. The van der Waals surface area contributed by atoms with Crippen LogP contribution >= 0.6 is 0 Å². The molecule has 3 unspecified atom stereocenters. The van der Waals surface area contributed by atoms with E-state index in [1.54, 1.807) is 0 Å². The Kier molecular flexibility index (Phi) is 10.6. The van der Waals surface area contributed by atoms with E-state index in [4.69, 9.17) is 0 Å². The van der Waals surface area contributed by atoms with Crippen LogP contribution in [0.1, 0.15) is 25.8 Å². The first-order valence-corrected chi connectivity index (χ1v) is 24.0. The number of para-hydroxylation sites is 4. The average molecular weight is 901 g/mol. The molecule has 70 heavy (non-hydrogen) atoms. The third kappa shape index (κ3) is 7.26. The Morgan fingerprint density at radius 2 is 1.03 bits per heavy atom. The van der Waals surface area contributed by atoms with Gasteiger partial charge in [-0.25, -0.2) is 0 Å².